The van der Waals surface area contributed by atoms with Crippen LogP contribution in [0.15, 0.2) is 12.1 Å². The molecule has 0 aromatic heterocycles. The quantitative estimate of drug-likeness (QED) is 0.652. The van der Waals surface area contributed by atoms with Gasteiger partial charge in [0.1, 0.15) is 6.61 Å². The molecule has 15 heavy (non-hydrogen) atoms. The molecule has 0 atom stereocenters. The number of rotatable bonds is 4. The summed E-state index contributed by atoms with van der Waals surface area (Å²) in [5.74, 6) is -0.537. The third kappa shape index (κ3) is 2.74. The SMILES string of the molecule is NC(=O)c1cc(N)cc(Cl)c1OCCO. The van der Waals surface area contributed by atoms with Crippen molar-refractivity contribution in [3.05, 3.63) is 22.7 Å². The fourth-order valence-corrected chi connectivity index (χ4v) is 1.37. The molecular formula is C9H11ClN2O3. The highest BCUT2D eigenvalue weighted by atomic mass is 35.5. The van der Waals surface area contributed by atoms with Crippen molar-refractivity contribution in [1.29, 1.82) is 0 Å². The molecule has 0 aliphatic carbocycles. The summed E-state index contributed by atoms with van der Waals surface area (Å²) in [4.78, 5) is 11.1. The highest BCUT2D eigenvalue weighted by Crippen LogP contribution is 2.31. The molecule has 5 nitrogen and oxygen atoms in total. The van der Waals surface area contributed by atoms with Gasteiger partial charge in [-0.3, -0.25) is 4.79 Å². The zero-order valence-electron chi connectivity index (χ0n) is 7.87. The number of aliphatic hydroxyl groups is 1. The van der Waals surface area contributed by atoms with E-state index >= 15 is 0 Å². The molecule has 0 heterocycles. The zero-order valence-corrected chi connectivity index (χ0v) is 8.62. The number of nitrogen functional groups attached to an aromatic ring is 1. The van der Waals surface area contributed by atoms with Gasteiger partial charge in [0.2, 0.25) is 0 Å². The largest absolute Gasteiger partial charge is 0.489 e. The minimum atomic E-state index is -0.683. The Bertz CT molecular complexity index is 382. The van der Waals surface area contributed by atoms with Crippen molar-refractivity contribution in [3.63, 3.8) is 0 Å². The molecule has 1 aromatic carbocycles. The lowest BCUT2D eigenvalue weighted by atomic mass is 10.1. The Morgan fingerprint density at radius 1 is 1.53 bits per heavy atom. The molecule has 0 bridgehead atoms. The zero-order chi connectivity index (χ0) is 11.4. The first-order chi connectivity index (χ1) is 7.06. The van der Waals surface area contributed by atoms with Crippen molar-refractivity contribution >= 4 is 23.2 Å². The smallest absolute Gasteiger partial charge is 0.252 e. The molecule has 1 aromatic rings. The number of primary amides is 1. The number of nitrogens with two attached hydrogens (primary N) is 2. The fourth-order valence-electron chi connectivity index (χ4n) is 1.09. The van der Waals surface area contributed by atoms with Gasteiger partial charge in [-0.25, -0.2) is 0 Å². The van der Waals surface area contributed by atoms with Crippen LogP contribution in [-0.4, -0.2) is 24.2 Å². The average Bonchev–Trinajstić information content (AvgIpc) is 2.15. The van der Waals surface area contributed by atoms with E-state index in [9.17, 15) is 4.79 Å². The minimum Gasteiger partial charge on any atom is -0.489 e. The van der Waals surface area contributed by atoms with E-state index in [4.69, 9.17) is 32.9 Å². The first-order valence-electron chi connectivity index (χ1n) is 4.18. The Morgan fingerprint density at radius 2 is 2.20 bits per heavy atom. The van der Waals surface area contributed by atoms with E-state index < -0.39 is 5.91 Å². The van der Waals surface area contributed by atoms with Crippen LogP contribution in [0.3, 0.4) is 0 Å². The van der Waals surface area contributed by atoms with Crippen LogP contribution in [0.4, 0.5) is 5.69 Å². The van der Waals surface area contributed by atoms with Crippen molar-refractivity contribution < 1.29 is 14.6 Å². The third-order valence-electron chi connectivity index (χ3n) is 1.67. The summed E-state index contributed by atoms with van der Waals surface area (Å²) < 4.78 is 5.10. The molecule has 1 rings (SSSR count). The summed E-state index contributed by atoms with van der Waals surface area (Å²) in [5, 5.41) is 8.79. The number of hydrogen-bond acceptors (Lipinski definition) is 4. The van der Waals surface area contributed by atoms with Crippen LogP contribution in [0.5, 0.6) is 5.75 Å². The van der Waals surface area contributed by atoms with Crippen LogP contribution >= 0.6 is 11.6 Å². The summed E-state index contributed by atoms with van der Waals surface area (Å²) in [6, 6.07) is 2.82. The van der Waals surface area contributed by atoms with E-state index in [1.165, 1.54) is 12.1 Å². The van der Waals surface area contributed by atoms with Crippen LogP contribution in [0.2, 0.25) is 5.02 Å². The molecule has 0 saturated heterocycles. The number of aliphatic hydroxyl groups excluding tert-OH is 1. The molecule has 82 valence electrons. The van der Waals surface area contributed by atoms with E-state index in [0.717, 1.165) is 0 Å². The Balaban J connectivity index is 3.15. The second kappa shape index (κ2) is 4.86. The van der Waals surface area contributed by atoms with Gasteiger partial charge in [-0.1, -0.05) is 11.6 Å². The van der Waals surface area contributed by atoms with Gasteiger partial charge >= 0.3 is 0 Å². The number of carbonyl (C=O) groups is 1. The van der Waals surface area contributed by atoms with E-state index in [1.54, 1.807) is 0 Å². The summed E-state index contributed by atoms with van der Waals surface area (Å²) in [6.45, 7) is -0.150. The number of halogens is 1. The number of hydrogen-bond donors (Lipinski definition) is 3. The summed E-state index contributed by atoms with van der Waals surface area (Å²) >= 11 is 5.82. The predicted octanol–water partition coefficient (Wildman–Crippen LogP) is 0.392. The maximum Gasteiger partial charge on any atom is 0.252 e. The van der Waals surface area contributed by atoms with Gasteiger partial charge in [0.25, 0.3) is 5.91 Å². The van der Waals surface area contributed by atoms with Gasteiger partial charge < -0.3 is 21.3 Å². The molecule has 0 spiro atoms. The van der Waals surface area contributed by atoms with Gasteiger partial charge in [0.15, 0.2) is 5.75 Å². The number of carbonyl (C=O) groups excluding carboxylic acids is 1. The third-order valence-corrected chi connectivity index (χ3v) is 1.95. The summed E-state index contributed by atoms with van der Waals surface area (Å²) in [5.41, 5.74) is 11.1. The second-order valence-electron chi connectivity index (χ2n) is 2.82. The Kier molecular flexibility index (Phi) is 3.76. The minimum absolute atomic E-state index is 0.0317. The number of anilines is 1. The van der Waals surface area contributed by atoms with E-state index in [1.807, 2.05) is 0 Å². The Labute approximate surface area is 91.6 Å². The predicted molar refractivity (Wildman–Crippen MR) is 57.0 cm³/mol. The number of benzene rings is 1. The summed E-state index contributed by atoms with van der Waals surface area (Å²) in [6.07, 6.45) is 0. The molecular weight excluding hydrogens is 220 g/mol. The molecule has 0 fully saturated rings. The number of ether oxygens (including phenoxy) is 1. The molecule has 1 amide bonds. The monoisotopic (exact) mass is 230 g/mol. The highest BCUT2D eigenvalue weighted by Gasteiger charge is 2.14. The van der Waals surface area contributed by atoms with Gasteiger partial charge in [-0.15, -0.1) is 0 Å². The van der Waals surface area contributed by atoms with Crippen LogP contribution in [0.1, 0.15) is 10.4 Å². The van der Waals surface area contributed by atoms with Crippen molar-refractivity contribution in [1.82, 2.24) is 0 Å². The van der Waals surface area contributed by atoms with Gasteiger partial charge in [0.05, 0.1) is 17.2 Å². The van der Waals surface area contributed by atoms with Crippen LogP contribution in [-0.2, 0) is 0 Å². The summed E-state index contributed by atoms with van der Waals surface area (Å²) in [7, 11) is 0. The van der Waals surface area contributed by atoms with Crippen molar-refractivity contribution in [2.24, 2.45) is 5.73 Å². The van der Waals surface area contributed by atoms with E-state index in [0.29, 0.717) is 5.69 Å². The highest BCUT2D eigenvalue weighted by molar-refractivity contribution is 6.33. The molecule has 5 N–H and O–H groups in total. The first kappa shape index (κ1) is 11.6. The van der Waals surface area contributed by atoms with Crippen molar-refractivity contribution in [2.45, 2.75) is 0 Å². The van der Waals surface area contributed by atoms with Crippen molar-refractivity contribution in [2.75, 3.05) is 18.9 Å². The van der Waals surface area contributed by atoms with Gasteiger partial charge in [-0.05, 0) is 12.1 Å². The second-order valence-corrected chi connectivity index (χ2v) is 3.22. The molecule has 0 saturated carbocycles. The molecule has 0 radical (unpaired) electrons. The topological polar surface area (TPSA) is 98.6 Å². The van der Waals surface area contributed by atoms with Gasteiger partial charge in [-0.2, -0.15) is 0 Å². The number of amides is 1. The lowest BCUT2D eigenvalue weighted by Crippen LogP contribution is -2.15. The van der Waals surface area contributed by atoms with Crippen molar-refractivity contribution in [3.8, 4) is 5.75 Å². The molecule has 0 unspecified atom stereocenters. The molecule has 0 aliphatic rings. The molecule has 6 heteroatoms. The lowest BCUT2D eigenvalue weighted by molar-refractivity contribution is 0.0994. The Morgan fingerprint density at radius 3 is 2.73 bits per heavy atom. The molecule has 0 aliphatic heterocycles. The van der Waals surface area contributed by atoms with Gasteiger partial charge in [0, 0.05) is 5.69 Å². The van der Waals surface area contributed by atoms with Crippen LogP contribution in [0, 0.1) is 0 Å². The normalized spacial score (nSPS) is 10.0. The Hall–Kier alpha value is -1.46. The average molecular weight is 231 g/mol. The van der Waals surface area contributed by atoms with Crippen LogP contribution < -0.4 is 16.2 Å². The lowest BCUT2D eigenvalue weighted by Gasteiger charge is -2.11. The standard InChI is InChI=1S/C9H11ClN2O3/c10-7-4-5(11)3-6(9(12)14)8(7)15-2-1-13/h3-4,13H,1-2,11H2,(H2,12,14). The fraction of sp³-hybridized carbons (Fsp3) is 0.222. The maximum absolute atomic E-state index is 11.1. The van der Waals surface area contributed by atoms with E-state index in [-0.39, 0.29) is 29.5 Å². The first-order valence-corrected chi connectivity index (χ1v) is 4.56. The maximum atomic E-state index is 11.1. The van der Waals surface area contributed by atoms with Crippen LogP contribution in [0.25, 0.3) is 0 Å². The van der Waals surface area contributed by atoms with E-state index in [2.05, 4.69) is 0 Å².